The van der Waals surface area contributed by atoms with Crippen LogP contribution in [0.4, 0.5) is 5.69 Å². The first-order valence-corrected chi connectivity index (χ1v) is 4.94. The Hall–Kier alpha value is -1.77. The van der Waals surface area contributed by atoms with Gasteiger partial charge in [-0.25, -0.2) is 0 Å². The van der Waals surface area contributed by atoms with Crippen LogP contribution in [0, 0.1) is 0 Å². The fourth-order valence-corrected chi connectivity index (χ4v) is 1.16. The fraction of sp³-hybridized carbons (Fsp3) is 0.250. The molecule has 0 aliphatic rings. The third-order valence-electron chi connectivity index (χ3n) is 2.04. The number of nitrogens with one attached hydrogen (secondary N) is 1. The molecule has 3 nitrogen and oxygen atoms in total. The van der Waals surface area contributed by atoms with Crippen LogP contribution in [0.15, 0.2) is 36.9 Å². The molecule has 1 aromatic carbocycles. The van der Waals surface area contributed by atoms with Gasteiger partial charge in [0.05, 0.1) is 0 Å². The molecule has 0 unspecified atom stereocenters. The molecule has 1 rings (SSSR count). The average Bonchev–Trinajstić information content (AvgIpc) is 2.25. The highest BCUT2D eigenvalue weighted by atomic mass is 16.1. The number of hydrogen-bond donors (Lipinski definition) is 2. The number of nitrogen functional groups attached to an aromatic ring is 1. The quantitative estimate of drug-likeness (QED) is 0.568. The standard InChI is InChI=1S/C12H16N2O/c1-2-3-4-12(15)14-9-10-5-7-11(13)8-6-10/h2,5-8H,1,3-4,9,13H2,(H,14,15). The van der Waals surface area contributed by atoms with E-state index in [9.17, 15) is 4.79 Å². The molecule has 0 saturated heterocycles. The maximum Gasteiger partial charge on any atom is 0.220 e. The summed E-state index contributed by atoms with van der Waals surface area (Å²) in [5.74, 6) is 0.0479. The van der Waals surface area contributed by atoms with Gasteiger partial charge in [-0.3, -0.25) is 4.79 Å². The molecule has 3 heteroatoms. The largest absolute Gasteiger partial charge is 0.399 e. The normalized spacial score (nSPS) is 9.60. The smallest absolute Gasteiger partial charge is 0.220 e. The topological polar surface area (TPSA) is 55.1 Å². The van der Waals surface area contributed by atoms with E-state index >= 15 is 0 Å². The van der Waals surface area contributed by atoms with Gasteiger partial charge < -0.3 is 11.1 Å². The van der Waals surface area contributed by atoms with E-state index in [-0.39, 0.29) is 5.91 Å². The number of amides is 1. The van der Waals surface area contributed by atoms with Gasteiger partial charge in [0.25, 0.3) is 0 Å². The molecule has 1 amide bonds. The monoisotopic (exact) mass is 204 g/mol. The van der Waals surface area contributed by atoms with Crippen molar-refractivity contribution in [3.8, 4) is 0 Å². The Bertz CT molecular complexity index is 330. The van der Waals surface area contributed by atoms with Crippen molar-refractivity contribution in [1.29, 1.82) is 0 Å². The van der Waals surface area contributed by atoms with Gasteiger partial charge in [-0.15, -0.1) is 6.58 Å². The third kappa shape index (κ3) is 4.31. The second-order valence-electron chi connectivity index (χ2n) is 3.35. The van der Waals surface area contributed by atoms with Crippen LogP contribution in [0.1, 0.15) is 18.4 Å². The molecule has 0 aliphatic heterocycles. The van der Waals surface area contributed by atoms with Crippen LogP contribution in [-0.4, -0.2) is 5.91 Å². The van der Waals surface area contributed by atoms with Crippen molar-refractivity contribution in [3.05, 3.63) is 42.5 Å². The van der Waals surface area contributed by atoms with Crippen molar-refractivity contribution in [2.75, 3.05) is 5.73 Å². The Labute approximate surface area is 90.0 Å². The molecule has 0 atom stereocenters. The molecule has 0 heterocycles. The minimum atomic E-state index is 0.0479. The number of anilines is 1. The lowest BCUT2D eigenvalue weighted by Crippen LogP contribution is -2.22. The molecule has 0 aromatic heterocycles. The summed E-state index contributed by atoms with van der Waals surface area (Å²) >= 11 is 0. The highest BCUT2D eigenvalue weighted by Gasteiger charge is 1.99. The molecule has 15 heavy (non-hydrogen) atoms. The van der Waals surface area contributed by atoms with E-state index in [0.717, 1.165) is 11.3 Å². The van der Waals surface area contributed by atoms with E-state index < -0.39 is 0 Å². The van der Waals surface area contributed by atoms with Crippen LogP contribution in [0.3, 0.4) is 0 Å². The van der Waals surface area contributed by atoms with Gasteiger partial charge in [-0.1, -0.05) is 18.2 Å². The van der Waals surface area contributed by atoms with Gasteiger partial charge in [0.2, 0.25) is 5.91 Å². The Morgan fingerprint density at radius 1 is 1.40 bits per heavy atom. The van der Waals surface area contributed by atoms with E-state index in [4.69, 9.17) is 5.73 Å². The second kappa shape index (κ2) is 5.86. The summed E-state index contributed by atoms with van der Waals surface area (Å²) in [6.07, 6.45) is 2.95. The number of carbonyl (C=O) groups excluding carboxylic acids is 1. The molecule has 1 aromatic rings. The predicted octanol–water partition coefficient (Wildman–Crippen LogP) is 1.85. The highest BCUT2D eigenvalue weighted by molar-refractivity contribution is 5.75. The van der Waals surface area contributed by atoms with Gasteiger partial charge in [-0.2, -0.15) is 0 Å². The highest BCUT2D eigenvalue weighted by Crippen LogP contribution is 2.04. The zero-order chi connectivity index (χ0) is 11.1. The maximum absolute atomic E-state index is 11.3. The number of hydrogen-bond acceptors (Lipinski definition) is 2. The number of benzene rings is 1. The maximum atomic E-state index is 11.3. The van der Waals surface area contributed by atoms with Crippen molar-refractivity contribution in [2.24, 2.45) is 0 Å². The van der Waals surface area contributed by atoms with Gasteiger partial charge >= 0.3 is 0 Å². The van der Waals surface area contributed by atoms with E-state index in [1.165, 1.54) is 0 Å². The van der Waals surface area contributed by atoms with E-state index in [1.54, 1.807) is 6.08 Å². The van der Waals surface area contributed by atoms with Crippen molar-refractivity contribution in [1.82, 2.24) is 5.32 Å². The van der Waals surface area contributed by atoms with Gasteiger partial charge in [0.1, 0.15) is 0 Å². The summed E-state index contributed by atoms with van der Waals surface area (Å²) in [6.45, 7) is 4.12. The number of nitrogens with two attached hydrogens (primary N) is 1. The summed E-state index contributed by atoms with van der Waals surface area (Å²) in [7, 11) is 0. The third-order valence-corrected chi connectivity index (χ3v) is 2.04. The van der Waals surface area contributed by atoms with Crippen LogP contribution in [0.2, 0.25) is 0 Å². The summed E-state index contributed by atoms with van der Waals surface area (Å²) in [5.41, 5.74) is 7.34. The molecule has 0 aliphatic carbocycles. The lowest BCUT2D eigenvalue weighted by atomic mass is 10.2. The molecule has 80 valence electrons. The van der Waals surface area contributed by atoms with Crippen LogP contribution < -0.4 is 11.1 Å². The molecule has 0 radical (unpaired) electrons. The van der Waals surface area contributed by atoms with E-state index in [0.29, 0.717) is 19.4 Å². The zero-order valence-corrected chi connectivity index (χ0v) is 8.70. The van der Waals surface area contributed by atoms with Crippen LogP contribution in [0.25, 0.3) is 0 Å². The second-order valence-corrected chi connectivity index (χ2v) is 3.35. The van der Waals surface area contributed by atoms with Gasteiger partial charge in [0.15, 0.2) is 0 Å². The van der Waals surface area contributed by atoms with Crippen molar-refractivity contribution in [2.45, 2.75) is 19.4 Å². The molecular weight excluding hydrogens is 188 g/mol. The Morgan fingerprint density at radius 3 is 2.67 bits per heavy atom. The Balaban J connectivity index is 2.33. The summed E-state index contributed by atoms with van der Waals surface area (Å²) in [5, 5.41) is 2.83. The first-order valence-electron chi connectivity index (χ1n) is 4.94. The first-order chi connectivity index (χ1) is 7.22. The van der Waals surface area contributed by atoms with Crippen LogP contribution >= 0.6 is 0 Å². The Morgan fingerprint density at radius 2 is 2.07 bits per heavy atom. The zero-order valence-electron chi connectivity index (χ0n) is 8.70. The van der Waals surface area contributed by atoms with Crippen molar-refractivity contribution in [3.63, 3.8) is 0 Å². The van der Waals surface area contributed by atoms with Crippen molar-refractivity contribution >= 4 is 11.6 Å². The van der Waals surface area contributed by atoms with Gasteiger partial charge in [-0.05, 0) is 24.1 Å². The number of carbonyl (C=O) groups is 1. The average molecular weight is 204 g/mol. The summed E-state index contributed by atoms with van der Waals surface area (Å²) in [4.78, 5) is 11.3. The molecule has 3 N–H and O–H groups in total. The fourth-order valence-electron chi connectivity index (χ4n) is 1.16. The minimum absolute atomic E-state index is 0.0479. The van der Waals surface area contributed by atoms with E-state index in [1.807, 2.05) is 24.3 Å². The Kier molecular flexibility index (Phi) is 4.41. The lowest BCUT2D eigenvalue weighted by Gasteiger charge is -2.04. The SMILES string of the molecule is C=CCCC(=O)NCc1ccc(N)cc1. The summed E-state index contributed by atoms with van der Waals surface area (Å²) < 4.78 is 0. The van der Waals surface area contributed by atoms with Crippen LogP contribution in [0.5, 0.6) is 0 Å². The molecule has 0 fully saturated rings. The molecule has 0 spiro atoms. The molecule has 0 bridgehead atoms. The predicted molar refractivity (Wildman–Crippen MR) is 62.1 cm³/mol. The number of allylic oxidation sites excluding steroid dienone is 1. The number of rotatable bonds is 5. The van der Waals surface area contributed by atoms with Crippen LogP contribution in [-0.2, 0) is 11.3 Å². The minimum Gasteiger partial charge on any atom is -0.399 e. The lowest BCUT2D eigenvalue weighted by molar-refractivity contribution is -0.121. The molecule has 0 saturated carbocycles. The molecular formula is C12H16N2O. The van der Waals surface area contributed by atoms with E-state index in [2.05, 4.69) is 11.9 Å². The summed E-state index contributed by atoms with van der Waals surface area (Å²) in [6, 6.07) is 7.46. The first kappa shape index (κ1) is 11.3. The van der Waals surface area contributed by atoms with Gasteiger partial charge in [0, 0.05) is 18.7 Å². The van der Waals surface area contributed by atoms with Crippen molar-refractivity contribution < 1.29 is 4.79 Å².